The molecule has 0 unspecified atom stereocenters. The van der Waals surface area contributed by atoms with Gasteiger partial charge in [-0.1, -0.05) is 12.1 Å². The summed E-state index contributed by atoms with van der Waals surface area (Å²) >= 11 is 0. The van der Waals surface area contributed by atoms with Crippen molar-refractivity contribution in [1.29, 1.82) is 0 Å². The first-order chi connectivity index (χ1) is 22.8. The zero-order valence-electron chi connectivity index (χ0n) is 25.4. The highest BCUT2D eigenvalue weighted by molar-refractivity contribution is 5.78. The smallest absolute Gasteiger partial charge is 0.481 e. The van der Waals surface area contributed by atoms with Gasteiger partial charge in [0.25, 0.3) is 5.56 Å². The molecule has 0 aliphatic carbocycles. The van der Waals surface area contributed by atoms with Crippen LogP contribution in [0.5, 0.6) is 0 Å². The molecule has 0 spiro atoms. The van der Waals surface area contributed by atoms with Crippen LogP contribution in [0, 0.1) is 6.92 Å². The quantitative estimate of drug-likeness (QED) is 0.177. The second-order valence-electron chi connectivity index (χ2n) is 10.1. The number of fused-ring (bicyclic) bond motifs is 1. The van der Waals surface area contributed by atoms with Crippen molar-refractivity contribution in [2.75, 3.05) is 17.2 Å². The van der Waals surface area contributed by atoms with Crippen molar-refractivity contribution < 1.29 is 60.8 Å². The van der Waals surface area contributed by atoms with Crippen LogP contribution in [-0.2, 0) is 38.7 Å². The highest BCUT2D eigenvalue weighted by Crippen LogP contribution is 2.20. The molecule has 4 rings (SSSR count). The Kier molecular flexibility index (Phi) is 14.1. The van der Waals surface area contributed by atoms with Crippen LogP contribution in [-0.4, -0.2) is 72.6 Å². The average Bonchev–Trinajstić information content (AvgIpc) is 3.02. The van der Waals surface area contributed by atoms with E-state index in [9.17, 15) is 45.8 Å². The van der Waals surface area contributed by atoms with Gasteiger partial charge in [-0.05, 0) is 55.2 Å². The van der Waals surface area contributed by atoms with Crippen LogP contribution in [0.15, 0.2) is 53.6 Å². The second-order valence-corrected chi connectivity index (χ2v) is 10.1. The van der Waals surface area contributed by atoms with E-state index in [0.29, 0.717) is 23.5 Å². The van der Waals surface area contributed by atoms with Gasteiger partial charge >= 0.3 is 30.3 Å². The van der Waals surface area contributed by atoms with E-state index in [2.05, 4.69) is 32.0 Å². The second kappa shape index (κ2) is 17.5. The number of aryl methyl sites for hydroxylation is 2. The molecule has 1 aliphatic heterocycles. The van der Waals surface area contributed by atoms with Crippen molar-refractivity contribution in [3.05, 3.63) is 81.7 Å². The number of amides is 1. The van der Waals surface area contributed by atoms with Crippen LogP contribution in [0.25, 0.3) is 0 Å². The standard InChI is InChI=1S/C25H28N6O4.2C2HF3O2/c1-16-6-9-20(28-14-19-8-7-17-4-3-11-27-24(17)29-19)25(35)31(16)15-22(32)30-21(12-23(33)34)18-5-2-10-26-13-18;2*3-2(4,5)1(6)7/h2,5-10,13,21,28H,3-4,11-12,14-15H2,1H3,(H,27,29)(H,30,32)(H,33,34);2*(H,6,7)/t21-;;/m0../s1. The van der Waals surface area contributed by atoms with E-state index < -0.39 is 42.2 Å². The van der Waals surface area contributed by atoms with Gasteiger partial charge in [0.15, 0.2) is 0 Å². The number of nitrogens with zero attached hydrogens (tertiary/aromatic N) is 3. The van der Waals surface area contributed by atoms with E-state index in [1.807, 2.05) is 6.07 Å². The third-order valence-corrected chi connectivity index (χ3v) is 6.39. The molecule has 20 heteroatoms. The molecule has 1 atom stereocenters. The van der Waals surface area contributed by atoms with Crippen LogP contribution >= 0.6 is 0 Å². The van der Waals surface area contributed by atoms with E-state index in [1.165, 1.54) is 16.3 Å². The molecule has 0 saturated heterocycles. The van der Waals surface area contributed by atoms with E-state index in [0.717, 1.165) is 30.9 Å². The summed E-state index contributed by atoms with van der Waals surface area (Å²) < 4.78 is 64.8. The number of carboxylic acids is 3. The van der Waals surface area contributed by atoms with Gasteiger partial charge in [0.05, 0.1) is 24.7 Å². The number of carboxylic acid groups (broad SMARTS) is 3. The zero-order chi connectivity index (χ0) is 36.9. The largest absolute Gasteiger partial charge is 0.490 e. The average molecular weight is 705 g/mol. The van der Waals surface area contributed by atoms with E-state index in [-0.39, 0.29) is 18.5 Å². The number of carbonyl (C=O) groups is 4. The number of hydrogen-bond donors (Lipinski definition) is 6. The van der Waals surface area contributed by atoms with E-state index >= 15 is 0 Å². The summed E-state index contributed by atoms with van der Waals surface area (Å²) in [5.74, 6) is -6.15. The van der Waals surface area contributed by atoms with Crippen LogP contribution < -0.4 is 21.5 Å². The van der Waals surface area contributed by atoms with Crippen LogP contribution in [0.3, 0.4) is 0 Å². The Labute approximate surface area is 272 Å². The number of alkyl halides is 6. The van der Waals surface area contributed by atoms with Gasteiger partial charge in [-0.25, -0.2) is 14.6 Å². The Morgan fingerprint density at radius 1 is 0.980 bits per heavy atom. The number of rotatable bonds is 9. The Morgan fingerprint density at radius 3 is 2.16 bits per heavy atom. The predicted molar refractivity (Wildman–Crippen MR) is 159 cm³/mol. The summed E-state index contributed by atoms with van der Waals surface area (Å²) in [7, 11) is 0. The molecular formula is C29H30F6N6O8. The molecule has 3 aromatic heterocycles. The van der Waals surface area contributed by atoms with Gasteiger partial charge in [-0.3, -0.25) is 19.4 Å². The van der Waals surface area contributed by atoms with Crippen LogP contribution in [0.1, 0.15) is 41.4 Å². The van der Waals surface area contributed by atoms with Crippen molar-refractivity contribution in [3.63, 3.8) is 0 Å². The van der Waals surface area contributed by atoms with Crippen molar-refractivity contribution in [1.82, 2.24) is 19.9 Å². The first-order valence-corrected chi connectivity index (χ1v) is 14.0. The van der Waals surface area contributed by atoms with Crippen molar-refractivity contribution in [2.24, 2.45) is 0 Å². The molecule has 0 radical (unpaired) electrons. The molecule has 4 heterocycles. The van der Waals surface area contributed by atoms with Gasteiger partial charge in [0.2, 0.25) is 5.91 Å². The Morgan fingerprint density at radius 2 is 1.61 bits per heavy atom. The molecule has 49 heavy (non-hydrogen) atoms. The predicted octanol–water partition coefficient (Wildman–Crippen LogP) is 3.52. The van der Waals surface area contributed by atoms with Crippen molar-refractivity contribution in [3.8, 4) is 0 Å². The summed E-state index contributed by atoms with van der Waals surface area (Å²) in [6, 6.07) is 10.1. The Hall–Kier alpha value is -5.69. The summed E-state index contributed by atoms with van der Waals surface area (Å²) in [5.41, 5.74) is 3.20. The van der Waals surface area contributed by atoms with Gasteiger partial charge in [0.1, 0.15) is 18.1 Å². The zero-order valence-corrected chi connectivity index (χ0v) is 25.4. The number of pyridine rings is 3. The Bertz CT molecular complexity index is 1660. The molecule has 14 nitrogen and oxygen atoms in total. The summed E-state index contributed by atoms with van der Waals surface area (Å²) in [4.78, 5) is 63.6. The molecule has 6 N–H and O–H groups in total. The highest BCUT2D eigenvalue weighted by Gasteiger charge is 2.38. The molecule has 0 aromatic carbocycles. The number of halogens is 6. The fraction of sp³-hybridized carbons (Fsp3) is 0.345. The molecule has 3 aromatic rings. The van der Waals surface area contributed by atoms with E-state index in [1.54, 1.807) is 37.4 Å². The van der Waals surface area contributed by atoms with Crippen LogP contribution in [0.2, 0.25) is 0 Å². The van der Waals surface area contributed by atoms with E-state index in [4.69, 9.17) is 19.8 Å². The summed E-state index contributed by atoms with van der Waals surface area (Å²) in [6.07, 6.45) is -5.29. The normalized spacial score (nSPS) is 12.7. The maximum atomic E-state index is 13.1. The van der Waals surface area contributed by atoms with Gasteiger partial charge in [-0.2, -0.15) is 26.3 Å². The number of nitrogens with one attached hydrogen (secondary N) is 3. The fourth-order valence-corrected chi connectivity index (χ4v) is 4.05. The van der Waals surface area contributed by atoms with Crippen molar-refractivity contribution >= 4 is 35.3 Å². The molecular weight excluding hydrogens is 674 g/mol. The first-order valence-electron chi connectivity index (χ1n) is 14.0. The van der Waals surface area contributed by atoms with Crippen molar-refractivity contribution in [2.45, 2.75) is 57.7 Å². The fourth-order valence-electron chi connectivity index (χ4n) is 4.05. The number of hydrogen-bond acceptors (Lipinski definition) is 9. The SMILES string of the molecule is Cc1ccc(NCc2ccc3c(n2)NCCC3)c(=O)n1CC(=O)N[C@@H](CC(=O)O)c1cccnc1.O=C(O)C(F)(F)F.O=C(O)C(F)(F)F. The highest BCUT2D eigenvalue weighted by atomic mass is 19.4. The third-order valence-electron chi connectivity index (χ3n) is 6.39. The van der Waals surface area contributed by atoms with Gasteiger partial charge in [0, 0.05) is 24.6 Å². The summed E-state index contributed by atoms with van der Waals surface area (Å²) in [5, 5.41) is 32.6. The number of anilines is 2. The first kappa shape index (κ1) is 39.5. The minimum absolute atomic E-state index is 0.239. The van der Waals surface area contributed by atoms with Gasteiger partial charge in [-0.15, -0.1) is 0 Å². The molecule has 1 aliphatic rings. The lowest BCUT2D eigenvalue weighted by Gasteiger charge is -2.19. The third kappa shape index (κ3) is 13.1. The molecule has 0 bridgehead atoms. The maximum Gasteiger partial charge on any atom is 0.490 e. The minimum atomic E-state index is -5.08. The number of aromatic nitrogens is 3. The molecule has 266 valence electrons. The maximum absolute atomic E-state index is 13.1. The molecule has 0 saturated carbocycles. The molecule has 0 fully saturated rings. The topological polar surface area (TPSA) is 213 Å². The Balaban J connectivity index is 0.000000500. The minimum Gasteiger partial charge on any atom is -0.481 e. The van der Waals surface area contributed by atoms with Gasteiger partial charge < -0.3 is 35.8 Å². The lowest BCUT2D eigenvalue weighted by atomic mass is 10.1. The lowest BCUT2D eigenvalue weighted by Crippen LogP contribution is -2.36. The number of carbonyl (C=O) groups excluding carboxylic acids is 1. The monoisotopic (exact) mass is 704 g/mol. The molecule has 1 amide bonds. The van der Waals surface area contributed by atoms with Crippen LogP contribution in [0.4, 0.5) is 37.8 Å². The lowest BCUT2D eigenvalue weighted by molar-refractivity contribution is -0.193. The number of aliphatic carboxylic acids is 3. The summed E-state index contributed by atoms with van der Waals surface area (Å²) in [6.45, 7) is 2.76.